The van der Waals surface area contributed by atoms with Crippen LogP contribution >= 0.6 is 11.3 Å². The average Bonchev–Trinajstić information content (AvgIpc) is 3.04. The summed E-state index contributed by atoms with van der Waals surface area (Å²) in [7, 11) is 2.22. The molecular formula is C18H24N2S. The van der Waals surface area contributed by atoms with Gasteiger partial charge in [0, 0.05) is 26.2 Å². The van der Waals surface area contributed by atoms with Crippen molar-refractivity contribution < 1.29 is 0 Å². The molecule has 1 aromatic heterocycles. The Morgan fingerprint density at radius 1 is 1.05 bits per heavy atom. The van der Waals surface area contributed by atoms with Crippen molar-refractivity contribution >= 4 is 11.3 Å². The molecule has 0 spiro atoms. The van der Waals surface area contributed by atoms with Gasteiger partial charge in [-0.15, -0.1) is 0 Å². The molecule has 0 radical (unpaired) electrons. The van der Waals surface area contributed by atoms with Crippen LogP contribution in [0.3, 0.4) is 0 Å². The highest BCUT2D eigenvalue weighted by atomic mass is 32.1. The summed E-state index contributed by atoms with van der Waals surface area (Å²) in [6.45, 7) is 6.12. The van der Waals surface area contributed by atoms with Crippen LogP contribution in [0.1, 0.15) is 12.0 Å². The van der Waals surface area contributed by atoms with Crippen molar-refractivity contribution in [1.82, 2.24) is 9.80 Å². The standard InChI is InChI=1S/C18H24N2S/c1-19-9-11-20(12-10-19)8-3-5-16-4-2-6-17(14-16)18-7-13-21-15-18/h2,4,6-7,13-15H,3,5,8-12H2,1H3. The Balaban J connectivity index is 1.50. The summed E-state index contributed by atoms with van der Waals surface area (Å²) in [5, 5.41) is 4.37. The fraction of sp³-hybridized carbons (Fsp3) is 0.444. The lowest BCUT2D eigenvalue weighted by molar-refractivity contribution is 0.153. The number of piperazine rings is 1. The number of nitrogens with zero attached hydrogens (tertiary/aromatic N) is 2. The second kappa shape index (κ2) is 7.21. The molecule has 1 fully saturated rings. The molecule has 0 atom stereocenters. The van der Waals surface area contributed by atoms with Gasteiger partial charge in [0.2, 0.25) is 0 Å². The fourth-order valence-electron chi connectivity index (χ4n) is 2.91. The van der Waals surface area contributed by atoms with Crippen LogP contribution < -0.4 is 0 Å². The Morgan fingerprint density at radius 3 is 2.67 bits per heavy atom. The lowest BCUT2D eigenvalue weighted by atomic mass is 10.0. The summed E-state index contributed by atoms with van der Waals surface area (Å²) in [6, 6.07) is 11.2. The van der Waals surface area contributed by atoms with E-state index in [0.717, 1.165) is 0 Å². The first-order chi connectivity index (χ1) is 10.3. The summed E-state index contributed by atoms with van der Waals surface area (Å²) in [6.07, 6.45) is 2.45. The van der Waals surface area contributed by atoms with E-state index < -0.39 is 0 Å². The SMILES string of the molecule is CN1CCN(CCCc2cccc(-c3ccsc3)c2)CC1. The number of aryl methyl sites for hydroxylation is 1. The van der Waals surface area contributed by atoms with Crippen LogP contribution in [-0.4, -0.2) is 49.6 Å². The second-order valence-electron chi connectivity index (χ2n) is 5.96. The molecule has 2 heterocycles. The molecule has 0 unspecified atom stereocenters. The molecule has 1 aliphatic rings. The molecule has 2 aromatic rings. The Morgan fingerprint density at radius 2 is 1.90 bits per heavy atom. The number of benzene rings is 1. The zero-order valence-electron chi connectivity index (χ0n) is 12.8. The third-order valence-electron chi connectivity index (χ3n) is 4.32. The topological polar surface area (TPSA) is 6.48 Å². The van der Waals surface area contributed by atoms with Gasteiger partial charge in [0.1, 0.15) is 0 Å². The van der Waals surface area contributed by atoms with E-state index in [4.69, 9.17) is 0 Å². The van der Waals surface area contributed by atoms with Gasteiger partial charge in [-0.3, -0.25) is 0 Å². The predicted octanol–water partition coefficient (Wildman–Crippen LogP) is 3.60. The molecule has 0 saturated carbocycles. The normalized spacial score (nSPS) is 17.2. The molecule has 1 aliphatic heterocycles. The van der Waals surface area contributed by atoms with Gasteiger partial charge in [0.25, 0.3) is 0 Å². The molecule has 3 rings (SSSR count). The third-order valence-corrected chi connectivity index (χ3v) is 5.00. The highest BCUT2D eigenvalue weighted by molar-refractivity contribution is 7.08. The second-order valence-corrected chi connectivity index (χ2v) is 6.74. The minimum Gasteiger partial charge on any atom is -0.304 e. The Labute approximate surface area is 132 Å². The van der Waals surface area contributed by atoms with Gasteiger partial charge in [0.05, 0.1) is 0 Å². The summed E-state index contributed by atoms with van der Waals surface area (Å²) in [5.74, 6) is 0. The lowest BCUT2D eigenvalue weighted by Gasteiger charge is -2.32. The fourth-order valence-corrected chi connectivity index (χ4v) is 3.58. The van der Waals surface area contributed by atoms with E-state index >= 15 is 0 Å². The highest BCUT2D eigenvalue weighted by Gasteiger charge is 2.12. The van der Waals surface area contributed by atoms with Crippen LogP contribution in [0.4, 0.5) is 0 Å². The van der Waals surface area contributed by atoms with Crippen LogP contribution in [0.15, 0.2) is 41.1 Å². The van der Waals surface area contributed by atoms with Crippen molar-refractivity contribution in [2.24, 2.45) is 0 Å². The Hall–Kier alpha value is -1.16. The van der Waals surface area contributed by atoms with E-state index in [1.54, 1.807) is 11.3 Å². The molecule has 3 heteroatoms. The number of hydrogen-bond donors (Lipinski definition) is 0. The van der Waals surface area contributed by atoms with Gasteiger partial charge in [-0.25, -0.2) is 0 Å². The first-order valence-electron chi connectivity index (χ1n) is 7.84. The van der Waals surface area contributed by atoms with Crippen molar-refractivity contribution in [1.29, 1.82) is 0 Å². The van der Waals surface area contributed by atoms with Crippen LogP contribution in [0, 0.1) is 0 Å². The molecule has 1 saturated heterocycles. The van der Waals surface area contributed by atoms with Gasteiger partial charge in [0.15, 0.2) is 0 Å². The highest BCUT2D eigenvalue weighted by Crippen LogP contribution is 2.23. The maximum atomic E-state index is 2.60. The maximum absolute atomic E-state index is 2.60. The first-order valence-corrected chi connectivity index (χ1v) is 8.78. The zero-order valence-corrected chi connectivity index (χ0v) is 13.6. The summed E-state index contributed by atoms with van der Waals surface area (Å²) >= 11 is 1.77. The molecule has 0 aliphatic carbocycles. The number of rotatable bonds is 5. The van der Waals surface area contributed by atoms with Gasteiger partial charge >= 0.3 is 0 Å². The monoisotopic (exact) mass is 300 g/mol. The smallest absolute Gasteiger partial charge is 0.0110 e. The largest absolute Gasteiger partial charge is 0.304 e. The van der Waals surface area contributed by atoms with E-state index in [1.165, 1.54) is 62.3 Å². The van der Waals surface area contributed by atoms with Crippen LogP contribution in [-0.2, 0) is 6.42 Å². The van der Waals surface area contributed by atoms with Crippen molar-refractivity contribution in [3.63, 3.8) is 0 Å². The molecule has 0 N–H and O–H groups in total. The molecule has 2 nitrogen and oxygen atoms in total. The molecule has 0 amide bonds. The van der Waals surface area contributed by atoms with Gasteiger partial charge in [-0.1, -0.05) is 24.3 Å². The van der Waals surface area contributed by atoms with Gasteiger partial charge in [-0.2, -0.15) is 11.3 Å². The predicted molar refractivity (Wildman–Crippen MR) is 92.0 cm³/mol. The van der Waals surface area contributed by atoms with Crippen LogP contribution in [0.5, 0.6) is 0 Å². The summed E-state index contributed by atoms with van der Waals surface area (Å²) in [5.41, 5.74) is 4.17. The number of hydrogen-bond acceptors (Lipinski definition) is 3. The Bertz CT molecular complexity index is 542. The zero-order chi connectivity index (χ0) is 14.5. The molecule has 1 aromatic carbocycles. The van der Waals surface area contributed by atoms with Crippen molar-refractivity contribution in [2.75, 3.05) is 39.8 Å². The number of likely N-dealkylation sites (N-methyl/N-ethyl adjacent to an activating group) is 1. The first kappa shape index (κ1) is 14.8. The van der Waals surface area contributed by atoms with Crippen molar-refractivity contribution in [3.05, 3.63) is 46.7 Å². The van der Waals surface area contributed by atoms with Gasteiger partial charge in [-0.05, 0) is 60.0 Å². The summed E-state index contributed by atoms with van der Waals surface area (Å²) in [4.78, 5) is 5.02. The average molecular weight is 300 g/mol. The van der Waals surface area contributed by atoms with Crippen LogP contribution in [0.2, 0.25) is 0 Å². The minimum atomic E-state index is 1.18. The minimum absolute atomic E-state index is 1.18. The molecule has 112 valence electrons. The van der Waals surface area contributed by atoms with E-state index in [2.05, 4.69) is 57.9 Å². The van der Waals surface area contributed by atoms with E-state index in [1.807, 2.05) is 0 Å². The molecule has 0 bridgehead atoms. The van der Waals surface area contributed by atoms with E-state index in [0.29, 0.717) is 0 Å². The maximum Gasteiger partial charge on any atom is 0.0110 e. The lowest BCUT2D eigenvalue weighted by Crippen LogP contribution is -2.44. The van der Waals surface area contributed by atoms with E-state index in [-0.39, 0.29) is 0 Å². The quantitative estimate of drug-likeness (QED) is 0.832. The van der Waals surface area contributed by atoms with Crippen molar-refractivity contribution in [3.8, 4) is 11.1 Å². The van der Waals surface area contributed by atoms with Gasteiger partial charge < -0.3 is 9.80 Å². The molecule has 21 heavy (non-hydrogen) atoms. The van der Waals surface area contributed by atoms with Crippen molar-refractivity contribution in [2.45, 2.75) is 12.8 Å². The van der Waals surface area contributed by atoms with E-state index in [9.17, 15) is 0 Å². The van der Waals surface area contributed by atoms with Crippen LogP contribution in [0.25, 0.3) is 11.1 Å². The molecular weight excluding hydrogens is 276 g/mol. The Kier molecular flexibility index (Phi) is 5.07. The third kappa shape index (κ3) is 4.16. The summed E-state index contributed by atoms with van der Waals surface area (Å²) < 4.78 is 0. The number of thiophene rings is 1.